The summed E-state index contributed by atoms with van der Waals surface area (Å²) in [5, 5.41) is 2.93. The molecule has 0 aliphatic heterocycles. The molecule has 0 aliphatic rings. The van der Waals surface area contributed by atoms with Crippen molar-refractivity contribution in [1.29, 1.82) is 0 Å². The van der Waals surface area contributed by atoms with Crippen LogP contribution in [0.1, 0.15) is 40.2 Å². The van der Waals surface area contributed by atoms with Crippen LogP contribution < -0.4 is 19.1 Å². The molecular weight excluding hydrogens is 587 g/mol. The number of rotatable bonds is 13. The molecule has 0 fully saturated rings. The number of sulfonamides is 1. The molecular formula is C32H41N3O6S2. The maximum absolute atomic E-state index is 14.2. The van der Waals surface area contributed by atoms with Crippen LogP contribution in [0, 0.1) is 0 Å². The summed E-state index contributed by atoms with van der Waals surface area (Å²) in [5.41, 5.74) is 0.407. The number of hydrogen-bond acceptors (Lipinski definition) is 7. The Labute approximate surface area is 259 Å². The number of carbonyl (C=O) groups is 2. The molecule has 2 amide bonds. The summed E-state index contributed by atoms with van der Waals surface area (Å²) >= 11 is 1.49. The average molecular weight is 628 g/mol. The van der Waals surface area contributed by atoms with Gasteiger partial charge in [0.2, 0.25) is 11.8 Å². The van der Waals surface area contributed by atoms with Gasteiger partial charge < -0.3 is 19.7 Å². The number of nitrogens with one attached hydrogen (secondary N) is 1. The van der Waals surface area contributed by atoms with E-state index in [0.717, 1.165) is 14.8 Å². The summed E-state index contributed by atoms with van der Waals surface area (Å²) < 4.78 is 40.5. The number of carbonyl (C=O) groups excluding carboxylic acids is 2. The molecule has 9 nitrogen and oxygen atoms in total. The molecule has 0 aliphatic carbocycles. The molecule has 0 heterocycles. The number of benzene rings is 3. The predicted octanol–water partition coefficient (Wildman–Crippen LogP) is 5.34. The second kappa shape index (κ2) is 14.7. The molecule has 1 unspecified atom stereocenters. The van der Waals surface area contributed by atoms with Crippen LogP contribution in [0.4, 0.5) is 5.69 Å². The Hall–Kier alpha value is -3.70. The van der Waals surface area contributed by atoms with Gasteiger partial charge >= 0.3 is 0 Å². The molecule has 3 aromatic rings. The van der Waals surface area contributed by atoms with Crippen LogP contribution in [0.25, 0.3) is 0 Å². The van der Waals surface area contributed by atoms with Gasteiger partial charge in [-0.1, -0.05) is 24.3 Å². The van der Waals surface area contributed by atoms with Crippen LogP contribution in [-0.4, -0.2) is 63.2 Å². The molecule has 3 aromatic carbocycles. The number of amides is 2. The highest BCUT2D eigenvalue weighted by atomic mass is 32.2. The third-order valence-electron chi connectivity index (χ3n) is 6.51. The van der Waals surface area contributed by atoms with Crippen molar-refractivity contribution in [2.45, 2.75) is 62.5 Å². The maximum Gasteiger partial charge on any atom is 0.264 e. The Morgan fingerprint density at radius 1 is 1.00 bits per heavy atom. The van der Waals surface area contributed by atoms with Gasteiger partial charge in [0.05, 0.1) is 24.3 Å². The van der Waals surface area contributed by atoms with Gasteiger partial charge in [-0.3, -0.25) is 13.9 Å². The summed E-state index contributed by atoms with van der Waals surface area (Å²) in [6, 6.07) is 19.5. The smallest absolute Gasteiger partial charge is 0.264 e. The van der Waals surface area contributed by atoms with Crippen molar-refractivity contribution in [3.05, 3.63) is 78.4 Å². The van der Waals surface area contributed by atoms with Crippen molar-refractivity contribution >= 4 is 39.3 Å². The van der Waals surface area contributed by atoms with E-state index in [4.69, 9.17) is 9.47 Å². The molecule has 11 heteroatoms. The van der Waals surface area contributed by atoms with Gasteiger partial charge in [-0.25, -0.2) is 8.42 Å². The summed E-state index contributed by atoms with van der Waals surface area (Å²) in [6.45, 7) is 8.78. The van der Waals surface area contributed by atoms with E-state index in [0.29, 0.717) is 18.1 Å². The minimum absolute atomic E-state index is 0.0299. The topological polar surface area (TPSA) is 105 Å². The summed E-state index contributed by atoms with van der Waals surface area (Å²) in [4.78, 5) is 29.8. The second-order valence-electron chi connectivity index (χ2n) is 10.9. The van der Waals surface area contributed by atoms with Crippen molar-refractivity contribution in [3.63, 3.8) is 0 Å². The van der Waals surface area contributed by atoms with E-state index in [9.17, 15) is 18.0 Å². The van der Waals surface area contributed by atoms with E-state index >= 15 is 0 Å². The van der Waals surface area contributed by atoms with Gasteiger partial charge in [-0.15, -0.1) is 11.8 Å². The SMILES string of the molecule is CCOc1ccccc1N(CC(=O)N(Cc1cccc(OC)c1)C(C)C(=O)NC(C)(C)C)S(=O)(=O)c1ccc(SC)cc1. The lowest BCUT2D eigenvalue weighted by atomic mass is 10.1. The Bertz CT molecular complexity index is 1500. The van der Waals surface area contributed by atoms with E-state index < -0.39 is 34.1 Å². The van der Waals surface area contributed by atoms with Crippen LogP contribution in [-0.2, 0) is 26.2 Å². The van der Waals surface area contributed by atoms with E-state index in [1.807, 2.05) is 33.1 Å². The second-order valence-corrected chi connectivity index (χ2v) is 13.6. The molecule has 0 bridgehead atoms. The first-order valence-electron chi connectivity index (χ1n) is 13.9. The first kappa shape index (κ1) is 33.8. The summed E-state index contributed by atoms with van der Waals surface area (Å²) in [7, 11) is -2.68. The van der Waals surface area contributed by atoms with Gasteiger partial charge in [0, 0.05) is 17.0 Å². The zero-order chi connectivity index (χ0) is 31.8. The van der Waals surface area contributed by atoms with Crippen LogP contribution >= 0.6 is 11.8 Å². The molecule has 0 radical (unpaired) electrons. The quantitative estimate of drug-likeness (QED) is 0.255. The fraction of sp³-hybridized carbons (Fsp3) is 0.375. The minimum Gasteiger partial charge on any atom is -0.497 e. The first-order valence-corrected chi connectivity index (χ1v) is 16.6. The van der Waals surface area contributed by atoms with Gasteiger partial charge in [0.1, 0.15) is 24.1 Å². The molecule has 232 valence electrons. The largest absolute Gasteiger partial charge is 0.497 e. The molecule has 0 saturated carbocycles. The Kier molecular flexibility index (Phi) is 11.5. The van der Waals surface area contributed by atoms with E-state index in [2.05, 4.69) is 5.32 Å². The lowest BCUT2D eigenvalue weighted by Gasteiger charge is -2.33. The lowest BCUT2D eigenvalue weighted by molar-refractivity contribution is -0.140. The highest BCUT2D eigenvalue weighted by molar-refractivity contribution is 7.98. The molecule has 0 spiro atoms. The van der Waals surface area contributed by atoms with E-state index in [-0.39, 0.29) is 23.0 Å². The molecule has 43 heavy (non-hydrogen) atoms. The fourth-order valence-corrected chi connectivity index (χ4v) is 6.19. The van der Waals surface area contributed by atoms with Gasteiger partial charge in [0.25, 0.3) is 10.0 Å². The Balaban J connectivity index is 2.10. The van der Waals surface area contributed by atoms with Crippen molar-refractivity contribution in [3.8, 4) is 11.5 Å². The van der Waals surface area contributed by atoms with Crippen molar-refractivity contribution < 1.29 is 27.5 Å². The highest BCUT2D eigenvalue weighted by Gasteiger charge is 2.34. The number of nitrogens with zero attached hydrogens (tertiary/aromatic N) is 2. The number of anilines is 1. The lowest BCUT2D eigenvalue weighted by Crippen LogP contribution is -2.54. The van der Waals surface area contributed by atoms with Gasteiger partial charge in [-0.2, -0.15) is 0 Å². The first-order chi connectivity index (χ1) is 20.3. The Morgan fingerprint density at radius 2 is 1.67 bits per heavy atom. The molecule has 0 aromatic heterocycles. The van der Waals surface area contributed by atoms with Gasteiger partial charge in [0.15, 0.2) is 0 Å². The zero-order valence-corrected chi connectivity index (χ0v) is 27.4. The third-order valence-corrected chi connectivity index (χ3v) is 9.03. The summed E-state index contributed by atoms with van der Waals surface area (Å²) in [6.07, 6.45) is 1.90. The van der Waals surface area contributed by atoms with E-state index in [1.165, 1.54) is 28.8 Å². The Morgan fingerprint density at radius 3 is 2.28 bits per heavy atom. The van der Waals surface area contributed by atoms with Crippen molar-refractivity contribution in [2.75, 3.05) is 30.8 Å². The number of methoxy groups -OCH3 is 1. The minimum atomic E-state index is -4.23. The van der Waals surface area contributed by atoms with Crippen LogP contribution in [0.3, 0.4) is 0 Å². The highest BCUT2D eigenvalue weighted by Crippen LogP contribution is 2.33. The molecule has 1 N–H and O–H groups in total. The number of hydrogen-bond donors (Lipinski definition) is 1. The van der Waals surface area contributed by atoms with E-state index in [1.54, 1.807) is 75.6 Å². The molecule has 3 rings (SSSR count). The normalized spacial score (nSPS) is 12.3. The van der Waals surface area contributed by atoms with Gasteiger partial charge in [-0.05, 0) is 95.0 Å². The number of ether oxygens (including phenoxy) is 2. The molecule has 0 saturated heterocycles. The monoisotopic (exact) mass is 627 g/mol. The third kappa shape index (κ3) is 8.90. The standard InChI is InChI=1S/C32H41N3O6S2/c1-8-41-29-15-10-9-14-28(29)35(43(38,39)27-18-16-26(42-7)17-19-27)22-30(36)34(23(2)31(37)33-32(3,4)5)21-24-12-11-13-25(20-24)40-6/h9-20,23H,8,21-22H2,1-7H3,(H,33,37). The number of thioether (sulfide) groups is 1. The van der Waals surface area contributed by atoms with Crippen LogP contribution in [0.2, 0.25) is 0 Å². The van der Waals surface area contributed by atoms with Crippen molar-refractivity contribution in [1.82, 2.24) is 10.2 Å². The summed E-state index contributed by atoms with van der Waals surface area (Å²) in [5.74, 6) is -0.00396. The number of para-hydroxylation sites is 2. The zero-order valence-electron chi connectivity index (χ0n) is 25.8. The van der Waals surface area contributed by atoms with Crippen LogP contribution in [0.15, 0.2) is 82.6 Å². The average Bonchev–Trinajstić information content (AvgIpc) is 2.98. The van der Waals surface area contributed by atoms with Crippen molar-refractivity contribution in [2.24, 2.45) is 0 Å². The fourth-order valence-electron chi connectivity index (χ4n) is 4.35. The predicted molar refractivity (Wildman–Crippen MR) is 171 cm³/mol. The van der Waals surface area contributed by atoms with Crippen LogP contribution in [0.5, 0.6) is 11.5 Å². The maximum atomic E-state index is 14.2. The molecule has 1 atom stereocenters.